The van der Waals surface area contributed by atoms with Gasteiger partial charge in [-0.25, -0.2) is 10.8 Å². The van der Waals surface area contributed by atoms with Crippen molar-refractivity contribution in [3.63, 3.8) is 0 Å². The second-order valence-corrected chi connectivity index (χ2v) is 4.07. The maximum atomic E-state index is 8.93. The topological polar surface area (TPSA) is 90.9 Å². The summed E-state index contributed by atoms with van der Waals surface area (Å²) in [6.07, 6.45) is 1.70. The van der Waals surface area contributed by atoms with Crippen LogP contribution in [0.2, 0.25) is 0 Å². The smallest absolute Gasteiger partial charge is 0.239 e. The van der Waals surface area contributed by atoms with Crippen LogP contribution in [-0.4, -0.2) is 17.0 Å². The molecule has 0 atom stereocenters. The molecule has 0 aliphatic heterocycles. The normalized spacial score (nSPS) is 9.79. The molecule has 2 rings (SSSR count). The van der Waals surface area contributed by atoms with Gasteiger partial charge in [-0.3, -0.25) is 5.43 Å². The number of aromatic nitrogens is 2. The molecule has 0 aliphatic rings. The van der Waals surface area contributed by atoms with Gasteiger partial charge < -0.3 is 4.90 Å². The molecule has 1 heterocycles. The predicted molar refractivity (Wildman–Crippen MR) is 73.8 cm³/mol. The van der Waals surface area contributed by atoms with Crippen molar-refractivity contribution in [3.05, 3.63) is 41.6 Å². The summed E-state index contributed by atoms with van der Waals surface area (Å²) in [4.78, 5) is 10.2. The van der Waals surface area contributed by atoms with Crippen LogP contribution in [0.15, 0.2) is 30.5 Å². The zero-order valence-electron chi connectivity index (χ0n) is 10.8. The van der Waals surface area contributed by atoms with Crippen LogP contribution in [0.4, 0.5) is 17.5 Å². The first-order chi connectivity index (χ1) is 9.15. The molecule has 2 aromatic rings. The van der Waals surface area contributed by atoms with Crippen LogP contribution < -0.4 is 16.2 Å². The van der Waals surface area contributed by atoms with E-state index in [0.717, 1.165) is 17.1 Å². The average molecular weight is 254 g/mol. The fourth-order valence-electron chi connectivity index (χ4n) is 1.75. The summed E-state index contributed by atoms with van der Waals surface area (Å²) < 4.78 is 0. The van der Waals surface area contributed by atoms with Crippen molar-refractivity contribution < 1.29 is 0 Å². The molecule has 1 aromatic heterocycles. The Balaban J connectivity index is 2.43. The van der Waals surface area contributed by atoms with Crippen LogP contribution in [0, 0.1) is 18.3 Å². The lowest BCUT2D eigenvalue weighted by molar-refractivity contribution is 1.04. The summed E-state index contributed by atoms with van der Waals surface area (Å²) in [7, 11) is 1.88. The van der Waals surface area contributed by atoms with Gasteiger partial charge in [0.15, 0.2) is 0 Å². The number of nitrogen functional groups attached to an aromatic ring is 1. The van der Waals surface area contributed by atoms with E-state index < -0.39 is 0 Å². The first-order valence-corrected chi connectivity index (χ1v) is 5.70. The molecular formula is C13H14N6. The van der Waals surface area contributed by atoms with Crippen LogP contribution >= 0.6 is 0 Å². The Labute approximate surface area is 111 Å². The number of anilines is 3. The van der Waals surface area contributed by atoms with E-state index in [2.05, 4.69) is 21.5 Å². The van der Waals surface area contributed by atoms with Crippen molar-refractivity contribution >= 4 is 17.5 Å². The first-order valence-electron chi connectivity index (χ1n) is 5.70. The number of aryl methyl sites for hydroxylation is 1. The Hall–Kier alpha value is -2.65. The monoisotopic (exact) mass is 254 g/mol. The fraction of sp³-hybridized carbons (Fsp3) is 0.154. The van der Waals surface area contributed by atoms with E-state index in [1.807, 2.05) is 31.0 Å². The van der Waals surface area contributed by atoms with E-state index in [1.54, 1.807) is 18.3 Å². The van der Waals surface area contributed by atoms with E-state index in [9.17, 15) is 0 Å². The molecule has 0 saturated carbocycles. The Morgan fingerprint density at radius 3 is 2.89 bits per heavy atom. The first kappa shape index (κ1) is 12.8. The maximum absolute atomic E-state index is 8.93. The summed E-state index contributed by atoms with van der Waals surface area (Å²) >= 11 is 0. The number of nitriles is 1. The van der Waals surface area contributed by atoms with Gasteiger partial charge in [-0.15, -0.1) is 0 Å². The third-order valence-electron chi connectivity index (χ3n) is 2.75. The highest BCUT2D eigenvalue weighted by Gasteiger charge is 2.10. The highest BCUT2D eigenvalue weighted by molar-refractivity contribution is 5.64. The summed E-state index contributed by atoms with van der Waals surface area (Å²) in [6, 6.07) is 9.43. The molecule has 0 radical (unpaired) electrons. The van der Waals surface area contributed by atoms with Gasteiger partial charge >= 0.3 is 0 Å². The SMILES string of the molecule is Cc1cnc(NN)nc1N(C)c1cccc(C#N)c1. The number of hydrazine groups is 1. The number of nitrogens with two attached hydrogens (primary N) is 1. The lowest BCUT2D eigenvalue weighted by Gasteiger charge is -2.20. The highest BCUT2D eigenvalue weighted by atomic mass is 15.3. The summed E-state index contributed by atoms with van der Waals surface area (Å²) in [5, 5.41) is 8.93. The van der Waals surface area contributed by atoms with Gasteiger partial charge in [0.1, 0.15) is 5.82 Å². The molecule has 0 unspecified atom stereocenters. The lowest BCUT2D eigenvalue weighted by Crippen LogP contribution is -2.16. The second-order valence-electron chi connectivity index (χ2n) is 4.07. The molecule has 96 valence electrons. The van der Waals surface area contributed by atoms with Crippen LogP contribution in [0.25, 0.3) is 0 Å². The molecule has 0 fully saturated rings. The quantitative estimate of drug-likeness (QED) is 0.640. The molecule has 0 amide bonds. The van der Waals surface area contributed by atoms with Crippen molar-refractivity contribution in [1.82, 2.24) is 9.97 Å². The zero-order chi connectivity index (χ0) is 13.8. The second kappa shape index (κ2) is 5.33. The molecule has 6 nitrogen and oxygen atoms in total. The Morgan fingerprint density at radius 2 is 2.21 bits per heavy atom. The standard InChI is InChI=1S/C13H14N6/c1-9-8-16-13(18-15)17-12(9)19(2)11-5-3-4-10(6-11)7-14/h3-6,8H,15H2,1-2H3,(H,16,17,18). The number of hydrogen-bond acceptors (Lipinski definition) is 6. The van der Waals surface area contributed by atoms with Gasteiger partial charge in [-0.2, -0.15) is 10.2 Å². The van der Waals surface area contributed by atoms with E-state index >= 15 is 0 Å². The minimum absolute atomic E-state index is 0.351. The summed E-state index contributed by atoms with van der Waals surface area (Å²) in [5.41, 5.74) is 4.83. The molecular weight excluding hydrogens is 240 g/mol. The third kappa shape index (κ3) is 2.61. The molecule has 0 spiro atoms. The minimum atomic E-state index is 0.351. The molecule has 1 aromatic carbocycles. The van der Waals surface area contributed by atoms with Crippen LogP contribution in [0.1, 0.15) is 11.1 Å². The van der Waals surface area contributed by atoms with Crippen molar-refractivity contribution in [2.45, 2.75) is 6.92 Å². The molecule has 0 bridgehead atoms. The predicted octanol–water partition coefficient (Wildman–Crippen LogP) is 1.71. The van der Waals surface area contributed by atoms with Gasteiger partial charge in [0.25, 0.3) is 0 Å². The zero-order valence-corrected chi connectivity index (χ0v) is 10.8. The van der Waals surface area contributed by atoms with Gasteiger partial charge in [0.05, 0.1) is 11.6 Å². The summed E-state index contributed by atoms with van der Waals surface area (Å²) in [5.74, 6) is 6.40. The molecule has 0 saturated heterocycles. The van der Waals surface area contributed by atoms with Gasteiger partial charge in [-0.05, 0) is 25.1 Å². The Bertz CT molecular complexity index is 631. The number of nitrogens with one attached hydrogen (secondary N) is 1. The van der Waals surface area contributed by atoms with Crippen molar-refractivity contribution in [2.24, 2.45) is 5.84 Å². The van der Waals surface area contributed by atoms with Gasteiger partial charge in [0.2, 0.25) is 5.95 Å². The van der Waals surface area contributed by atoms with Crippen LogP contribution in [0.5, 0.6) is 0 Å². The van der Waals surface area contributed by atoms with Crippen molar-refractivity contribution in [1.29, 1.82) is 5.26 Å². The van der Waals surface area contributed by atoms with E-state index in [0.29, 0.717) is 11.5 Å². The highest BCUT2D eigenvalue weighted by Crippen LogP contribution is 2.25. The van der Waals surface area contributed by atoms with Crippen LogP contribution in [0.3, 0.4) is 0 Å². The molecule has 6 heteroatoms. The largest absolute Gasteiger partial charge is 0.329 e. The maximum Gasteiger partial charge on any atom is 0.239 e. The fourth-order valence-corrected chi connectivity index (χ4v) is 1.75. The lowest BCUT2D eigenvalue weighted by atomic mass is 10.2. The minimum Gasteiger partial charge on any atom is -0.329 e. The molecule has 19 heavy (non-hydrogen) atoms. The third-order valence-corrected chi connectivity index (χ3v) is 2.75. The van der Waals surface area contributed by atoms with E-state index in [1.165, 1.54) is 0 Å². The van der Waals surface area contributed by atoms with Crippen LogP contribution in [-0.2, 0) is 0 Å². The van der Waals surface area contributed by atoms with Gasteiger partial charge in [0, 0.05) is 24.5 Å². The number of benzene rings is 1. The van der Waals surface area contributed by atoms with Crippen molar-refractivity contribution in [2.75, 3.05) is 17.4 Å². The average Bonchev–Trinajstić information content (AvgIpc) is 2.47. The number of rotatable bonds is 3. The Morgan fingerprint density at radius 1 is 1.42 bits per heavy atom. The van der Waals surface area contributed by atoms with E-state index in [-0.39, 0.29) is 0 Å². The van der Waals surface area contributed by atoms with E-state index in [4.69, 9.17) is 11.1 Å². The number of nitrogens with zero attached hydrogens (tertiary/aromatic N) is 4. The summed E-state index contributed by atoms with van der Waals surface area (Å²) in [6.45, 7) is 1.92. The molecule has 3 N–H and O–H groups in total. The van der Waals surface area contributed by atoms with Crippen molar-refractivity contribution in [3.8, 4) is 6.07 Å². The number of hydrogen-bond donors (Lipinski definition) is 2. The Kier molecular flexibility index (Phi) is 3.59. The molecule has 0 aliphatic carbocycles. The van der Waals surface area contributed by atoms with Gasteiger partial charge in [-0.1, -0.05) is 6.07 Å².